The molecule has 8 heteroatoms. The van der Waals surface area contributed by atoms with E-state index >= 15 is 0 Å². The summed E-state index contributed by atoms with van der Waals surface area (Å²) >= 11 is 1.69. The van der Waals surface area contributed by atoms with Crippen LogP contribution >= 0.6 is 11.8 Å². The van der Waals surface area contributed by atoms with Gasteiger partial charge in [-0.3, -0.25) is 0 Å². The lowest BCUT2D eigenvalue weighted by Crippen LogP contribution is -2.17. The highest BCUT2D eigenvalue weighted by Gasteiger charge is 2.35. The predicted octanol–water partition coefficient (Wildman–Crippen LogP) is 2.95. The summed E-state index contributed by atoms with van der Waals surface area (Å²) in [4.78, 5) is 6.89. The van der Waals surface area contributed by atoms with E-state index in [9.17, 15) is 13.2 Å². The number of nitrogens with one attached hydrogen (secondary N) is 2. The molecular formula is C11H17F3N4S. The van der Waals surface area contributed by atoms with E-state index in [0.29, 0.717) is 12.5 Å². The van der Waals surface area contributed by atoms with Crippen LogP contribution in [0.3, 0.4) is 0 Å². The molecule has 0 aliphatic carbocycles. The number of hydrogen-bond acceptors (Lipinski definition) is 5. The Morgan fingerprint density at radius 2 is 1.95 bits per heavy atom. The number of halogens is 3. The average Bonchev–Trinajstić information content (AvgIpc) is 2.35. The number of rotatable bonds is 6. The van der Waals surface area contributed by atoms with E-state index in [1.807, 2.05) is 13.2 Å². The van der Waals surface area contributed by atoms with Gasteiger partial charge in [-0.25, -0.2) is 9.97 Å². The lowest BCUT2D eigenvalue weighted by molar-refractivity contribution is -0.144. The van der Waals surface area contributed by atoms with Crippen LogP contribution in [0.5, 0.6) is 0 Å². The molecule has 4 nitrogen and oxygen atoms in total. The van der Waals surface area contributed by atoms with Crippen molar-refractivity contribution in [2.75, 3.05) is 36.2 Å². The van der Waals surface area contributed by atoms with Crippen molar-refractivity contribution in [2.24, 2.45) is 5.92 Å². The van der Waals surface area contributed by atoms with Crippen LogP contribution in [-0.2, 0) is 6.18 Å². The van der Waals surface area contributed by atoms with Crippen molar-refractivity contribution in [3.05, 3.63) is 11.9 Å². The Kier molecular flexibility index (Phi) is 5.71. The van der Waals surface area contributed by atoms with Gasteiger partial charge in [0.1, 0.15) is 11.6 Å². The molecule has 0 bridgehead atoms. The van der Waals surface area contributed by atoms with E-state index < -0.39 is 12.0 Å². The molecule has 1 unspecified atom stereocenters. The maximum atomic E-state index is 12.6. The lowest BCUT2D eigenvalue weighted by Gasteiger charge is -2.14. The molecule has 0 aromatic carbocycles. The van der Waals surface area contributed by atoms with Gasteiger partial charge < -0.3 is 10.6 Å². The quantitative estimate of drug-likeness (QED) is 0.845. The van der Waals surface area contributed by atoms with E-state index in [1.54, 1.807) is 11.8 Å². The topological polar surface area (TPSA) is 49.8 Å². The molecule has 0 radical (unpaired) electrons. The highest BCUT2D eigenvalue weighted by Crippen LogP contribution is 2.28. The molecule has 0 spiro atoms. The molecule has 1 atom stereocenters. The molecule has 0 amide bonds. The summed E-state index contributed by atoms with van der Waals surface area (Å²) in [5.74, 6) is 0.460. The number of anilines is 2. The minimum absolute atomic E-state index is 0.141. The average molecular weight is 294 g/mol. The Balaban J connectivity index is 2.83. The number of hydrogen-bond donors (Lipinski definition) is 2. The summed E-state index contributed by atoms with van der Waals surface area (Å²) in [5.41, 5.74) is 0. The van der Waals surface area contributed by atoms with Gasteiger partial charge in [0.15, 0.2) is 0 Å². The number of thioether (sulfide) groups is 1. The van der Waals surface area contributed by atoms with Crippen LogP contribution in [0, 0.1) is 5.92 Å². The van der Waals surface area contributed by atoms with Crippen molar-refractivity contribution < 1.29 is 13.2 Å². The summed E-state index contributed by atoms with van der Waals surface area (Å²) < 4.78 is 37.9. The van der Waals surface area contributed by atoms with Gasteiger partial charge in [0.05, 0.1) is 0 Å². The summed E-state index contributed by atoms with van der Waals surface area (Å²) in [6.07, 6.45) is -2.56. The molecule has 108 valence electrons. The first-order valence-corrected chi connectivity index (χ1v) is 7.13. The van der Waals surface area contributed by atoms with Crippen molar-refractivity contribution in [3.8, 4) is 0 Å². The van der Waals surface area contributed by atoms with Crippen LogP contribution in [0.1, 0.15) is 12.7 Å². The summed E-state index contributed by atoms with van der Waals surface area (Å²) in [6.45, 7) is 2.59. The first kappa shape index (κ1) is 15.9. The summed E-state index contributed by atoms with van der Waals surface area (Å²) in [5, 5.41) is 5.51. The molecule has 0 saturated carbocycles. The highest BCUT2D eigenvalue weighted by atomic mass is 32.2. The third-order valence-corrected chi connectivity index (χ3v) is 3.22. The second kappa shape index (κ2) is 6.83. The fourth-order valence-electron chi connectivity index (χ4n) is 1.41. The fourth-order valence-corrected chi connectivity index (χ4v) is 2.10. The van der Waals surface area contributed by atoms with E-state index in [1.165, 1.54) is 13.1 Å². The van der Waals surface area contributed by atoms with Crippen molar-refractivity contribution in [3.63, 3.8) is 0 Å². The SMILES string of the molecule is CNc1cc(NCC(C)CSC)nc(C(F)(F)F)n1. The van der Waals surface area contributed by atoms with Crippen LogP contribution in [0.25, 0.3) is 0 Å². The van der Waals surface area contributed by atoms with Crippen LogP contribution in [0.15, 0.2) is 6.07 Å². The van der Waals surface area contributed by atoms with Gasteiger partial charge in [-0.05, 0) is 17.9 Å². The maximum Gasteiger partial charge on any atom is 0.451 e. The first-order chi connectivity index (χ1) is 8.86. The van der Waals surface area contributed by atoms with Crippen molar-refractivity contribution >= 4 is 23.4 Å². The third kappa shape index (κ3) is 5.14. The largest absolute Gasteiger partial charge is 0.451 e. The number of nitrogens with zero attached hydrogens (tertiary/aromatic N) is 2. The highest BCUT2D eigenvalue weighted by molar-refractivity contribution is 7.98. The van der Waals surface area contributed by atoms with Crippen molar-refractivity contribution in [1.82, 2.24) is 9.97 Å². The molecular weight excluding hydrogens is 277 g/mol. The monoisotopic (exact) mass is 294 g/mol. The predicted molar refractivity (Wildman–Crippen MR) is 72.6 cm³/mol. The molecule has 19 heavy (non-hydrogen) atoms. The van der Waals surface area contributed by atoms with Crippen LogP contribution in [-0.4, -0.2) is 35.6 Å². The minimum atomic E-state index is -4.55. The Morgan fingerprint density at radius 1 is 1.32 bits per heavy atom. The second-order valence-corrected chi connectivity index (χ2v) is 5.06. The second-order valence-electron chi connectivity index (χ2n) is 4.15. The standard InChI is InChI=1S/C11H17F3N4S/c1-7(6-19-3)5-16-9-4-8(15-2)17-10(18-9)11(12,13)14/h4,7H,5-6H2,1-3H3,(H2,15,16,17,18). The Labute approximate surface area is 114 Å². The smallest absolute Gasteiger partial charge is 0.373 e. The molecule has 0 fully saturated rings. The van der Waals surface area contributed by atoms with E-state index in [4.69, 9.17) is 0 Å². The van der Waals surface area contributed by atoms with E-state index in [0.717, 1.165) is 5.75 Å². The Bertz CT molecular complexity index is 411. The molecule has 1 heterocycles. The van der Waals surface area contributed by atoms with Gasteiger partial charge >= 0.3 is 6.18 Å². The molecule has 1 aromatic rings. The summed E-state index contributed by atoms with van der Waals surface area (Å²) in [7, 11) is 1.52. The van der Waals surface area contributed by atoms with Crippen molar-refractivity contribution in [1.29, 1.82) is 0 Å². The third-order valence-electron chi connectivity index (χ3n) is 2.32. The Hall–Kier alpha value is -1.18. The van der Waals surface area contributed by atoms with Gasteiger partial charge in [0, 0.05) is 19.7 Å². The first-order valence-electron chi connectivity index (χ1n) is 5.73. The zero-order valence-electron chi connectivity index (χ0n) is 11.0. The molecule has 0 saturated heterocycles. The normalized spacial score (nSPS) is 13.2. The molecule has 0 aliphatic rings. The molecule has 0 aliphatic heterocycles. The number of aromatic nitrogens is 2. The van der Waals surface area contributed by atoms with Gasteiger partial charge in [-0.15, -0.1) is 0 Å². The van der Waals surface area contributed by atoms with Gasteiger partial charge in [-0.1, -0.05) is 6.92 Å². The van der Waals surface area contributed by atoms with Gasteiger partial charge in [0.25, 0.3) is 0 Å². The van der Waals surface area contributed by atoms with E-state index in [2.05, 4.69) is 20.6 Å². The molecule has 2 N–H and O–H groups in total. The maximum absolute atomic E-state index is 12.6. The molecule has 1 aromatic heterocycles. The minimum Gasteiger partial charge on any atom is -0.373 e. The molecule has 1 rings (SSSR count). The van der Waals surface area contributed by atoms with E-state index in [-0.39, 0.29) is 11.6 Å². The van der Waals surface area contributed by atoms with Gasteiger partial charge in [-0.2, -0.15) is 24.9 Å². The van der Waals surface area contributed by atoms with Crippen LogP contribution < -0.4 is 10.6 Å². The zero-order chi connectivity index (χ0) is 14.5. The zero-order valence-corrected chi connectivity index (χ0v) is 11.8. The van der Waals surface area contributed by atoms with Gasteiger partial charge in [0.2, 0.25) is 5.82 Å². The number of alkyl halides is 3. The van der Waals surface area contributed by atoms with Crippen molar-refractivity contribution in [2.45, 2.75) is 13.1 Å². The van der Waals surface area contributed by atoms with Crippen LogP contribution in [0.2, 0.25) is 0 Å². The summed E-state index contributed by atoms with van der Waals surface area (Å²) in [6, 6.07) is 1.46. The lowest BCUT2D eigenvalue weighted by atomic mass is 10.2. The van der Waals surface area contributed by atoms with Crippen LogP contribution in [0.4, 0.5) is 24.8 Å². The Morgan fingerprint density at radius 3 is 2.47 bits per heavy atom. The fraction of sp³-hybridized carbons (Fsp3) is 0.636.